The van der Waals surface area contributed by atoms with Gasteiger partial charge in [-0.3, -0.25) is 19.2 Å². The largest absolute Gasteiger partial charge is 0.453 e. The van der Waals surface area contributed by atoms with Gasteiger partial charge in [0, 0.05) is 38.6 Å². The highest BCUT2D eigenvalue weighted by atomic mass is 16.5. The summed E-state index contributed by atoms with van der Waals surface area (Å²) < 4.78 is 5.01. The molecule has 1 aliphatic heterocycles. The van der Waals surface area contributed by atoms with Crippen LogP contribution in [0.15, 0.2) is 60.7 Å². The minimum absolute atomic E-state index is 0.0218. The van der Waals surface area contributed by atoms with E-state index >= 15 is 0 Å². The molecule has 0 saturated carbocycles. The van der Waals surface area contributed by atoms with E-state index in [1.165, 1.54) is 7.11 Å². The number of benzene rings is 2. The maximum atomic E-state index is 14.0. The van der Waals surface area contributed by atoms with Gasteiger partial charge in [0.1, 0.15) is 18.1 Å². The molecule has 0 unspecified atom stereocenters. The first kappa shape index (κ1) is 43.9. The number of amides is 5. The van der Waals surface area contributed by atoms with Crippen molar-refractivity contribution in [1.82, 2.24) is 31.1 Å². The maximum Gasteiger partial charge on any atom is 0.409 e. The maximum absolute atomic E-state index is 14.0. The van der Waals surface area contributed by atoms with E-state index in [4.69, 9.17) is 16.2 Å². The Morgan fingerprint density at radius 1 is 0.815 bits per heavy atom. The molecule has 5 amide bonds. The number of nitrogens with zero attached hydrogens (tertiary/aromatic N) is 2. The molecular formula is C40H62N8O6. The van der Waals surface area contributed by atoms with Crippen molar-refractivity contribution in [1.29, 1.82) is 0 Å². The lowest BCUT2D eigenvalue weighted by Gasteiger charge is -2.39. The number of hydrogen-bond acceptors (Lipinski definition) is 9. The predicted octanol–water partition coefficient (Wildman–Crippen LogP) is 1.71. The van der Waals surface area contributed by atoms with Gasteiger partial charge in [0.15, 0.2) is 0 Å². The third-order valence-corrected chi connectivity index (χ3v) is 9.68. The summed E-state index contributed by atoms with van der Waals surface area (Å²) in [5, 5.41) is 11.8. The summed E-state index contributed by atoms with van der Waals surface area (Å²) in [4.78, 5) is 71.2. The van der Waals surface area contributed by atoms with Gasteiger partial charge in [-0.25, -0.2) is 4.79 Å². The van der Waals surface area contributed by atoms with Crippen molar-refractivity contribution in [3.05, 3.63) is 71.8 Å². The van der Waals surface area contributed by atoms with E-state index in [2.05, 4.69) is 21.3 Å². The second-order valence-electron chi connectivity index (χ2n) is 14.4. The zero-order chi connectivity index (χ0) is 39.5. The average molecular weight is 751 g/mol. The van der Waals surface area contributed by atoms with Crippen LogP contribution in [0.2, 0.25) is 0 Å². The van der Waals surface area contributed by atoms with Crippen LogP contribution in [0.4, 0.5) is 4.79 Å². The SMILES string of the molecule is CNCCN(C(=O)OC)C1CCN(C(=O)[C@@H](CCCCN)NC(=O)[C@@H](CC(C)C)NC(=O)[C@@H](Cc2ccccc2)NC(=O)[C@H](N)Cc2ccccc2)CC1. The number of likely N-dealkylation sites (N-methyl/N-ethyl adjacent to an activating group) is 1. The van der Waals surface area contributed by atoms with Crippen molar-refractivity contribution in [3.63, 3.8) is 0 Å². The van der Waals surface area contributed by atoms with Gasteiger partial charge in [0.2, 0.25) is 23.6 Å². The van der Waals surface area contributed by atoms with Gasteiger partial charge >= 0.3 is 6.09 Å². The molecule has 0 aromatic heterocycles. The lowest BCUT2D eigenvalue weighted by atomic mass is 9.99. The fourth-order valence-electron chi connectivity index (χ4n) is 6.69. The smallest absolute Gasteiger partial charge is 0.409 e. The standard InChI is InChI=1S/C40H62N8O6/c1-28(2)25-34(46-38(51)35(27-30-15-9-6-10-16-30)45-36(49)32(42)26-29-13-7-5-8-14-29)37(50)44-33(17-11-12-20-41)39(52)47-22-18-31(19-23-47)48(24-21-43-3)40(53)54-4/h5-10,13-16,28,31-35,43H,11-12,17-27,41-42H2,1-4H3,(H,44,50)(H,45,49)(H,46,51)/t32-,33-,34-,35-/m1/s1. The van der Waals surface area contributed by atoms with Crippen LogP contribution in [0.3, 0.4) is 0 Å². The normalized spacial score (nSPS) is 15.4. The fraction of sp³-hybridized carbons (Fsp3) is 0.575. The Morgan fingerprint density at radius 3 is 1.93 bits per heavy atom. The summed E-state index contributed by atoms with van der Waals surface area (Å²) in [5.74, 6) is -1.68. The highest BCUT2D eigenvalue weighted by Gasteiger charge is 2.35. The van der Waals surface area contributed by atoms with Crippen LogP contribution in [0.5, 0.6) is 0 Å². The Kier molecular flexibility index (Phi) is 18.9. The number of carbonyl (C=O) groups excluding carboxylic acids is 5. The predicted molar refractivity (Wildman–Crippen MR) is 209 cm³/mol. The van der Waals surface area contributed by atoms with E-state index in [1.54, 1.807) is 9.80 Å². The Balaban J connectivity index is 1.75. The van der Waals surface area contributed by atoms with E-state index in [9.17, 15) is 24.0 Å². The van der Waals surface area contributed by atoms with Gasteiger partial charge in [-0.15, -0.1) is 0 Å². The highest BCUT2D eigenvalue weighted by molar-refractivity contribution is 5.95. The van der Waals surface area contributed by atoms with Crippen molar-refractivity contribution < 1.29 is 28.7 Å². The summed E-state index contributed by atoms with van der Waals surface area (Å²) in [7, 11) is 3.18. The first-order valence-electron chi connectivity index (χ1n) is 19.2. The zero-order valence-corrected chi connectivity index (χ0v) is 32.4. The van der Waals surface area contributed by atoms with Crippen molar-refractivity contribution in [2.24, 2.45) is 17.4 Å². The molecule has 2 aromatic rings. The number of methoxy groups -OCH3 is 1. The van der Waals surface area contributed by atoms with Gasteiger partial charge in [-0.05, 0) is 75.6 Å². The quantitative estimate of drug-likeness (QED) is 0.103. The van der Waals surface area contributed by atoms with Crippen LogP contribution in [0.25, 0.3) is 0 Å². The average Bonchev–Trinajstić information content (AvgIpc) is 3.17. The second kappa shape index (κ2) is 23.3. The molecule has 0 spiro atoms. The molecule has 0 radical (unpaired) electrons. The molecule has 8 N–H and O–H groups in total. The minimum atomic E-state index is -1.01. The fourth-order valence-corrected chi connectivity index (χ4v) is 6.69. The Labute approximate surface area is 320 Å². The summed E-state index contributed by atoms with van der Waals surface area (Å²) in [6.07, 6.45) is 3.22. The van der Waals surface area contributed by atoms with Crippen LogP contribution in [0, 0.1) is 5.92 Å². The zero-order valence-electron chi connectivity index (χ0n) is 32.4. The number of piperidine rings is 1. The molecule has 14 heteroatoms. The third-order valence-electron chi connectivity index (χ3n) is 9.68. The van der Waals surface area contributed by atoms with E-state index in [0.29, 0.717) is 77.7 Å². The molecule has 1 fully saturated rings. The summed E-state index contributed by atoms with van der Waals surface area (Å²) in [6, 6.07) is 14.9. The first-order valence-corrected chi connectivity index (χ1v) is 19.2. The highest BCUT2D eigenvalue weighted by Crippen LogP contribution is 2.20. The molecule has 1 heterocycles. The number of likely N-dealkylation sites (tertiary alicyclic amines) is 1. The van der Waals surface area contributed by atoms with Crippen molar-refractivity contribution >= 4 is 29.7 Å². The van der Waals surface area contributed by atoms with Gasteiger partial charge < -0.3 is 47.3 Å². The minimum Gasteiger partial charge on any atom is -0.453 e. The van der Waals surface area contributed by atoms with Crippen LogP contribution in [-0.2, 0) is 36.8 Å². The molecule has 54 heavy (non-hydrogen) atoms. The Bertz CT molecular complexity index is 1450. The third kappa shape index (κ3) is 14.4. The van der Waals surface area contributed by atoms with E-state index in [0.717, 1.165) is 11.1 Å². The van der Waals surface area contributed by atoms with Gasteiger partial charge in [0.05, 0.1) is 13.2 Å². The van der Waals surface area contributed by atoms with Crippen molar-refractivity contribution in [2.75, 3.05) is 46.9 Å². The lowest BCUT2D eigenvalue weighted by molar-refractivity contribution is -0.139. The molecule has 4 atom stereocenters. The molecular weight excluding hydrogens is 688 g/mol. The van der Waals surface area contributed by atoms with E-state index < -0.39 is 48.0 Å². The molecule has 1 aliphatic rings. The number of carbonyl (C=O) groups is 5. The van der Waals surface area contributed by atoms with Crippen LogP contribution in [-0.4, -0.2) is 117 Å². The van der Waals surface area contributed by atoms with Crippen molar-refractivity contribution in [2.45, 2.75) is 95.4 Å². The van der Waals surface area contributed by atoms with Crippen molar-refractivity contribution in [3.8, 4) is 0 Å². The first-order chi connectivity index (χ1) is 26.0. The molecule has 298 valence electrons. The lowest BCUT2D eigenvalue weighted by Crippen LogP contribution is -2.59. The van der Waals surface area contributed by atoms with Gasteiger partial charge in [-0.2, -0.15) is 0 Å². The number of nitrogens with two attached hydrogens (primary N) is 2. The molecule has 3 rings (SSSR count). The van der Waals surface area contributed by atoms with E-state index in [1.807, 2.05) is 81.6 Å². The monoisotopic (exact) mass is 750 g/mol. The van der Waals surface area contributed by atoms with E-state index in [-0.39, 0.29) is 24.3 Å². The summed E-state index contributed by atoms with van der Waals surface area (Å²) in [5.41, 5.74) is 13.8. The molecule has 0 bridgehead atoms. The molecule has 14 nitrogen and oxygen atoms in total. The van der Waals surface area contributed by atoms with Crippen LogP contribution >= 0.6 is 0 Å². The second-order valence-corrected chi connectivity index (χ2v) is 14.4. The molecule has 1 saturated heterocycles. The summed E-state index contributed by atoms with van der Waals surface area (Å²) >= 11 is 0. The van der Waals surface area contributed by atoms with Crippen LogP contribution < -0.4 is 32.7 Å². The topological polar surface area (TPSA) is 201 Å². The van der Waals surface area contributed by atoms with Crippen LogP contribution in [0.1, 0.15) is 63.5 Å². The summed E-state index contributed by atoms with van der Waals surface area (Å²) in [6.45, 7) is 6.27. The van der Waals surface area contributed by atoms with Gasteiger partial charge in [-0.1, -0.05) is 74.5 Å². The number of nitrogens with one attached hydrogen (secondary N) is 4. The number of ether oxygens (including phenoxy) is 1. The van der Waals surface area contributed by atoms with Gasteiger partial charge in [0.25, 0.3) is 0 Å². The molecule has 0 aliphatic carbocycles. The Hall–Kier alpha value is -4.53. The molecule has 2 aromatic carbocycles. The number of rotatable bonds is 21. The number of unbranched alkanes of at least 4 members (excludes halogenated alkanes) is 1. The number of hydrogen-bond donors (Lipinski definition) is 6. The Morgan fingerprint density at radius 2 is 1.37 bits per heavy atom.